The first-order valence-electron chi connectivity index (χ1n) is 10.8. The number of hydrogen-bond donors (Lipinski definition) is 2. The van der Waals surface area contributed by atoms with Crippen molar-refractivity contribution >= 4 is 5.97 Å². The number of piperidine rings is 1. The minimum Gasteiger partial charge on any atom is -0.508 e. The molecule has 0 amide bonds. The van der Waals surface area contributed by atoms with Crippen LogP contribution < -0.4 is 0 Å². The van der Waals surface area contributed by atoms with Gasteiger partial charge in [-0.3, -0.25) is 9.69 Å². The van der Waals surface area contributed by atoms with Crippen molar-refractivity contribution in [2.24, 2.45) is 5.92 Å². The highest BCUT2D eigenvalue weighted by Crippen LogP contribution is 2.51. The third-order valence-electron chi connectivity index (χ3n) is 7.43. The van der Waals surface area contributed by atoms with Crippen molar-refractivity contribution in [3.8, 4) is 5.75 Å². The van der Waals surface area contributed by atoms with Gasteiger partial charge in [0.15, 0.2) is 0 Å². The molecule has 4 nitrogen and oxygen atoms in total. The van der Waals surface area contributed by atoms with Gasteiger partial charge in [0, 0.05) is 17.5 Å². The fourth-order valence-corrected chi connectivity index (χ4v) is 5.99. The number of hydrogen-bond acceptors (Lipinski definition) is 3. The van der Waals surface area contributed by atoms with Gasteiger partial charge in [-0.15, -0.1) is 0 Å². The maximum atomic E-state index is 11.7. The largest absolute Gasteiger partial charge is 0.508 e. The first-order chi connectivity index (χ1) is 14.0. The predicted octanol–water partition coefficient (Wildman–Crippen LogP) is 4.61. The molecule has 2 fully saturated rings. The second-order valence-corrected chi connectivity index (χ2v) is 8.88. The van der Waals surface area contributed by atoms with Gasteiger partial charge in [0.05, 0.1) is 6.42 Å². The van der Waals surface area contributed by atoms with E-state index in [0.29, 0.717) is 17.7 Å². The number of phenols is 1. The molecule has 4 unspecified atom stereocenters. The number of carbonyl (C=O) groups is 1. The Bertz CT molecular complexity index is 852. The van der Waals surface area contributed by atoms with Gasteiger partial charge in [0.25, 0.3) is 0 Å². The summed E-state index contributed by atoms with van der Waals surface area (Å²) < 4.78 is 0. The molecular weight excluding hydrogens is 362 g/mol. The van der Waals surface area contributed by atoms with E-state index in [1.807, 2.05) is 30.3 Å². The quantitative estimate of drug-likeness (QED) is 0.752. The number of likely N-dealkylation sites (tertiary alicyclic amines) is 1. The number of carboxylic acid groups (broad SMARTS) is 1. The zero-order chi connectivity index (χ0) is 20.4. The summed E-state index contributed by atoms with van der Waals surface area (Å²) in [6.07, 6.45) is 5.37. The van der Waals surface area contributed by atoms with Gasteiger partial charge in [-0.1, -0.05) is 55.8 Å². The molecule has 4 rings (SSSR count). The summed E-state index contributed by atoms with van der Waals surface area (Å²) in [4.78, 5) is 14.2. The second-order valence-electron chi connectivity index (χ2n) is 8.88. The lowest BCUT2D eigenvalue weighted by Gasteiger charge is -2.57. The monoisotopic (exact) mass is 393 g/mol. The zero-order valence-electron chi connectivity index (χ0n) is 17.1. The molecule has 1 heterocycles. The highest BCUT2D eigenvalue weighted by molar-refractivity contribution is 5.67. The molecule has 1 aliphatic heterocycles. The number of phenolic OH excluding ortho intramolecular Hbond substituents is 1. The third-order valence-corrected chi connectivity index (χ3v) is 7.43. The van der Waals surface area contributed by atoms with Crippen LogP contribution in [0.2, 0.25) is 0 Å². The van der Waals surface area contributed by atoms with Crippen LogP contribution in [0.1, 0.15) is 50.2 Å². The molecule has 154 valence electrons. The summed E-state index contributed by atoms with van der Waals surface area (Å²) in [7, 11) is 0. The van der Waals surface area contributed by atoms with Crippen LogP contribution in [-0.4, -0.2) is 39.7 Å². The van der Waals surface area contributed by atoms with E-state index in [2.05, 4.69) is 30.0 Å². The Balaban J connectivity index is 1.61. The summed E-state index contributed by atoms with van der Waals surface area (Å²) in [6.45, 7) is 3.25. The fourth-order valence-electron chi connectivity index (χ4n) is 5.99. The maximum absolute atomic E-state index is 11.7. The second kappa shape index (κ2) is 8.19. The highest BCUT2D eigenvalue weighted by Gasteiger charge is 2.50. The van der Waals surface area contributed by atoms with E-state index in [0.717, 1.165) is 38.6 Å². The number of benzene rings is 2. The standard InChI is InChI=1S/C25H31NO3/c1-18-23-11-6-12-25(18,20-9-5-10-22(27)16-20)13-14-26(23)21(17-24(28)29)15-19-7-3-2-4-8-19/h2-5,7-10,16,18,21,23,27H,6,11-15,17H2,1H3,(H,28,29). The number of aromatic hydroxyl groups is 1. The van der Waals surface area contributed by atoms with Crippen molar-refractivity contribution in [2.75, 3.05) is 6.54 Å². The lowest BCUT2D eigenvalue weighted by Crippen LogP contribution is -2.60. The average Bonchev–Trinajstić information content (AvgIpc) is 2.68. The van der Waals surface area contributed by atoms with Crippen LogP contribution in [0.25, 0.3) is 0 Å². The van der Waals surface area contributed by atoms with Crippen LogP contribution in [0.3, 0.4) is 0 Å². The molecule has 2 bridgehead atoms. The van der Waals surface area contributed by atoms with Crippen molar-refractivity contribution in [1.82, 2.24) is 4.90 Å². The molecule has 4 atom stereocenters. The molecule has 1 aliphatic carbocycles. The minimum atomic E-state index is -0.723. The molecule has 1 saturated carbocycles. The Morgan fingerprint density at radius 1 is 1.17 bits per heavy atom. The van der Waals surface area contributed by atoms with Crippen molar-refractivity contribution < 1.29 is 15.0 Å². The van der Waals surface area contributed by atoms with Crippen LogP contribution in [0.4, 0.5) is 0 Å². The summed E-state index contributed by atoms with van der Waals surface area (Å²) in [5.41, 5.74) is 2.53. The van der Waals surface area contributed by atoms with Crippen molar-refractivity contribution in [3.05, 3.63) is 65.7 Å². The lowest BCUT2D eigenvalue weighted by atomic mass is 9.57. The Kier molecular flexibility index (Phi) is 5.64. The number of carboxylic acids is 1. The molecule has 29 heavy (non-hydrogen) atoms. The van der Waals surface area contributed by atoms with E-state index >= 15 is 0 Å². The minimum absolute atomic E-state index is 0.0163. The van der Waals surface area contributed by atoms with Gasteiger partial charge in [-0.05, 0) is 61.4 Å². The number of rotatable bonds is 6. The summed E-state index contributed by atoms with van der Waals surface area (Å²) in [6, 6.07) is 18.4. The molecule has 0 spiro atoms. The zero-order valence-corrected chi connectivity index (χ0v) is 17.1. The smallest absolute Gasteiger partial charge is 0.304 e. The first kappa shape index (κ1) is 20.0. The van der Waals surface area contributed by atoms with E-state index in [1.54, 1.807) is 6.07 Å². The molecule has 4 heteroatoms. The van der Waals surface area contributed by atoms with Crippen LogP contribution in [0.15, 0.2) is 54.6 Å². The van der Waals surface area contributed by atoms with E-state index < -0.39 is 5.97 Å². The topological polar surface area (TPSA) is 60.8 Å². The normalized spacial score (nSPS) is 28.0. The van der Waals surface area contributed by atoms with E-state index in [1.165, 1.54) is 11.1 Å². The van der Waals surface area contributed by atoms with Crippen LogP contribution in [-0.2, 0) is 16.6 Å². The number of aliphatic carboxylic acids is 1. The van der Waals surface area contributed by atoms with E-state index in [9.17, 15) is 15.0 Å². The van der Waals surface area contributed by atoms with Crippen molar-refractivity contribution in [2.45, 2.75) is 62.9 Å². The average molecular weight is 394 g/mol. The van der Waals surface area contributed by atoms with Crippen LogP contribution in [0.5, 0.6) is 5.75 Å². The maximum Gasteiger partial charge on any atom is 0.304 e. The highest BCUT2D eigenvalue weighted by atomic mass is 16.4. The third kappa shape index (κ3) is 3.91. The van der Waals surface area contributed by atoms with Gasteiger partial charge in [0.1, 0.15) is 5.75 Å². The van der Waals surface area contributed by atoms with E-state index in [-0.39, 0.29) is 17.9 Å². The predicted molar refractivity (Wildman–Crippen MR) is 114 cm³/mol. The molecule has 0 aromatic heterocycles. The Labute approximate surface area is 173 Å². The first-order valence-corrected chi connectivity index (χ1v) is 10.8. The summed E-state index contributed by atoms with van der Waals surface area (Å²) in [5.74, 6) is 0.0412. The summed E-state index contributed by atoms with van der Waals surface area (Å²) in [5, 5.41) is 19.6. The summed E-state index contributed by atoms with van der Waals surface area (Å²) >= 11 is 0. The molecule has 2 aromatic rings. The Hall–Kier alpha value is -2.33. The van der Waals surface area contributed by atoms with Crippen molar-refractivity contribution in [1.29, 1.82) is 0 Å². The van der Waals surface area contributed by atoms with Gasteiger partial charge < -0.3 is 10.2 Å². The Morgan fingerprint density at radius 3 is 2.69 bits per heavy atom. The van der Waals surface area contributed by atoms with Gasteiger partial charge >= 0.3 is 5.97 Å². The number of nitrogens with zero attached hydrogens (tertiary/aromatic N) is 1. The molecule has 2 aromatic carbocycles. The number of fused-ring (bicyclic) bond motifs is 2. The lowest BCUT2D eigenvalue weighted by molar-refractivity contribution is -0.139. The van der Waals surface area contributed by atoms with Crippen molar-refractivity contribution in [3.63, 3.8) is 0 Å². The molecule has 1 saturated heterocycles. The van der Waals surface area contributed by atoms with Crippen LogP contribution in [0, 0.1) is 5.92 Å². The van der Waals surface area contributed by atoms with Gasteiger partial charge in [0.2, 0.25) is 0 Å². The van der Waals surface area contributed by atoms with E-state index in [4.69, 9.17) is 0 Å². The molecule has 2 aliphatic rings. The van der Waals surface area contributed by atoms with Gasteiger partial charge in [-0.2, -0.15) is 0 Å². The van der Waals surface area contributed by atoms with Gasteiger partial charge in [-0.25, -0.2) is 0 Å². The molecular formula is C25H31NO3. The fraction of sp³-hybridized carbons (Fsp3) is 0.480. The molecule has 0 radical (unpaired) electrons. The SMILES string of the molecule is CC1C2CCCC1(c1cccc(O)c1)CCN2C(CC(=O)O)Cc1ccccc1. The van der Waals surface area contributed by atoms with Crippen LogP contribution >= 0.6 is 0 Å². The molecule has 2 N–H and O–H groups in total. The Morgan fingerprint density at radius 2 is 1.97 bits per heavy atom.